The molecule has 2 aromatic rings. The molecule has 0 aliphatic carbocycles. The summed E-state index contributed by atoms with van der Waals surface area (Å²) in [6, 6.07) is 7.33. The second-order valence-electron chi connectivity index (χ2n) is 6.95. The Bertz CT molecular complexity index is 828. The van der Waals surface area contributed by atoms with Crippen molar-refractivity contribution in [3.8, 4) is 0 Å². The molecule has 3 rings (SSSR count). The van der Waals surface area contributed by atoms with Gasteiger partial charge < -0.3 is 10.1 Å². The van der Waals surface area contributed by atoms with E-state index in [1.807, 2.05) is 18.2 Å². The molecule has 1 N–H and O–H groups in total. The van der Waals surface area contributed by atoms with Gasteiger partial charge >= 0.3 is 0 Å². The van der Waals surface area contributed by atoms with Crippen molar-refractivity contribution in [2.75, 3.05) is 18.9 Å². The number of carbonyl (C=O) groups excluding carboxylic acids is 1. The third-order valence-corrected chi connectivity index (χ3v) is 5.25. The molecular formula is C19H25N3O3S. The first-order valence-corrected chi connectivity index (χ1v) is 10.0. The Morgan fingerprint density at radius 2 is 2.23 bits per heavy atom. The van der Waals surface area contributed by atoms with Crippen molar-refractivity contribution in [2.45, 2.75) is 44.5 Å². The maximum Gasteiger partial charge on any atom is 0.262 e. The maximum atomic E-state index is 13.0. The summed E-state index contributed by atoms with van der Waals surface area (Å²) in [5.41, 5.74) is 0.586. The normalized spacial score (nSPS) is 17.1. The number of thioether (sulfide) groups is 1. The van der Waals surface area contributed by atoms with Crippen LogP contribution in [-0.4, -0.2) is 40.5 Å². The Balaban J connectivity index is 1.84. The zero-order valence-corrected chi connectivity index (χ0v) is 16.1. The Kier molecular flexibility index (Phi) is 6.32. The quantitative estimate of drug-likeness (QED) is 0.594. The smallest absolute Gasteiger partial charge is 0.262 e. The second kappa shape index (κ2) is 8.68. The molecule has 1 atom stereocenters. The number of carbonyl (C=O) groups is 1. The molecule has 6 nitrogen and oxygen atoms in total. The zero-order valence-electron chi connectivity index (χ0n) is 15.2. The van der Waals surface area contributed by atoms with Gasteiger partial charge in [-0.25, -0.2) is 4.98 Å². The Hall–Kier alpha value is -1.86. The molecular weight excluding hydrogens is 350 g/mol. The highest BCUT2D eigenvalue weighted by Gasteiger charge is 2.20. The molecule has 1 unspecified atom stereocenters. The number of amides is 1. The van der Waals surface area contributed by atoms with E-state index in [-0.39, 0.29) is 23.3 Å². The number of benzene rings is 1. The predicted molar refractivity (Wildman–Crippen MR) is 104 cm³/mol. The fourth-order valence-corrected chi connectivity index (χ4v) is 3.75. The van der Waals surface area contributed by atoms with Crippen molar-refractivity contribution < 1.29 is 9.53 Å². The van der Waals surface area contributed by atoms with Crippen LogP contribution in [0.15, 0.2) is 34.2 Å². The fourth-order valence-electron chi connectivity index (χ4n) is 2.91. The number of hydrogen-bond acceptors (Lipinski definition) is 5. The van der Waals surface area contributed by atoms with Gasteiger partial charge in [-0.1, -0.05) is 37.7 Å². The van der Waals surface area contributed by atoms with Crippen molar-refractivity contribution in [3.05, 3.63) is 34.6 Å². The molecule has 1 amide bonds. The van der Waals surface area contributed by atoms with Crippen molar-refractivity contribution in [1.82, 2.24) is 14.9 Å². The molecule has 0 saturated carbocycles. The zero-order chi connectivity index (χ0) is 18.5. The Morgan fingerprint density at radius 1 is 1.42 bits per heavy atom. The number of nitrogens with one attached hydrogen (secondary N) is 1. The number of rotatable bonds is 7. The lowest BCUT2D eigenvalue weighted by atomic mass is 10.2. The lowest BCUT2D eigenvalue weighted by molar-refractivity contribution is -0.118. The first-order valence-electron chi connectivity index (χ1n) is 9.05. The standard InChI is InChI=1S/C19H25N3O3S/c1-13(2)10-20-17(23)12-26-19-21-16-8-4-3-7-15(16)18(24)22(19)11-14-6-5-9-25-14/h3-4,7-8,13-14H,5-6,9-12H2,1-2H3,(H,20,23). The minimum absolute atomic E-state index is 0.0322. The van der Waals surface area contributed by atoms with Gasteiger partial charge in [0.2, 0.25) is 5.91 Å². The average molecular weight is 375 g/mol. The van der Waals surface area contributed by atoms with Crippen molar-refractivity contribution >= 4 is 28.6 Å². The number of aromatic nitrogens is 2. The molecule has 1 fully saturated rings. The second-order valence-corrected chi connectivity index (χ2v) is 7.89. The summed E-state index contributed by atoms with van der Waals surface area (Å²) in [6.07, 6.45) is 1.99. The third kappa shape index (κ3) is 4.65. The maximum absolute atomic E-state index is 13.0. The first kappa shape index (κ1) is 18.9. The van der Waals surface area contributed by atoms with Crippen LogP contribution in [0, 0.1) is 5.92 Å². The number of para-hydroxylation sites is 1. The van der Waals surface area contributed by atoms with Crippen LogP contribution in [0.2, 0.25) is 0 Å². The molecule has 1 aliphatic heterocycles. The van der Waals surface area contributed by atoms with Crippen LogP contribution >= 0.6 is 11.8 Å². The highest BCUT2D eigenvalue weighted by atomic mass is 32.2. The van der Waals surface area contributed by atoms with E-state index in [1.54, 1.807) is 10.6 Å². The van der Waals surface area contributed by atoms with E-state index >= 15 is 0 Å². The van der Waals surface area contributed by atoms with Gasteiger partial charge in [0.15, 0.2) is 5.16 Å². The van der Waals surface area contributed by atoms with Crippen LogP contribution < -0.4 is 10.9 Å². The molecule has 1 aliphatic rings. The number of fused-ring (bicyclic) bond motifs is 1. The highest BCUT2D eigenvalue weighted by molar-refractivity contribution is 7.99. The summed E-state index contributed by atoms with van der Waals surface area (Å²) in [5, 5.41) is 4.07. The lowest BCUT2D eigenvalue weighted by Crippen LogP contribution is -2.31. The number of nitrogens with zero attached hydrogens (tertiary/aromatic N) is 2. The number of hydrogen-bond donors (Lipinski definition) is 1. The van der Waals surface area contributed by atoms with Gasteiger partial charge in [-0.15, -0.1) is 0 Å². The molecule has 26 heavy (non-hydrogen) atoms. The summed E-state index contributed by atoms with van der Waals surface area (Å²) in [7, 11) is 0. The van der Waals surface area contributed by atoms with Crippen LogP contribution in [0.25, 0.3) is 10.9 Å². The summed E-state index contributed by atoms with van der Waals surface area (Å²) < 4.78 is 7.36. The van der Waals surface area contributed by atoms with Crippen molar-refractivity contribution in [3.63, 3.8) is 0 Å². The van der Waals surface area contributed by atoms with Crippen LogP contribution in [0.3, 0.4) is 0 Å². The van der Waals surface area contributed by atoms with Gasteiger partial charge in [-0.3, -0.25) is 14.2 Å². The van der Waals surface area contributed by atoms with Gasteiger partial charge in [0, 0.05) is 13.2 Å². The average Bonchev–Trinajstić information content (AvgIpc) is 3.14. The molecule has 1 aromatic carbocycles. The minimum Gasteiger partial charge on any atom is -0.376 e. The third-order valence-electron chi connectivity index (χ3n) is 4.28. The molecule has 1 aromatic heterocycles. The highest BCUT2D eigenvalue weighted by Crippen LogP contribution is 2.20. The summed E-state index contributed by atoms with van der Waals surface area (Å²) in [6.45, 7) is 5.97. The monoisotopic (exact) mass is 375 g/mol. The molecule has 0 radical (unpaired) electrons. The minimum atomic E-state index is -0.0730. The van der Waals surface area contributed by atoms with E-state index in [9.17, 15) is 9.59 Å². The van der Waals surface area contributed by atoms with Crippen LogP contribution in [0.4, 0.5) is 0 Å². The summed E-state index contributed by atoms with van der Waals surface area (Å²) in [5.74, 6) is 0.596. The summed E-state index contributed by atoms with van der Waals surface area (Å²) in [4.78, 5) is 29.6. The molecule has 7 heteroatoms. The fraction of sp³-hybridized carbons (Fsp3) is 0.526. The first-order chi connectivity index (χ1) is 12.5. The van der Waals surface area contributed by atoms with Crippen molar-refractivity contribution in [2.24, 2.45) is 5.92 Å². The van der Waals surface area contributed by atoms with E-state index in [0.29, 0.717) is 35.1 Å². The SMILES string of the molecule is CC(C)CNC(=O)CSc1nc2ccccc2c(=O)n1CC1CCCO1. The largest absolute Gasteiger partial charge is 0.376 e. The molecule has 0 spiro atoms. The van der Waals surface area contributed by atoms with Gasteiger partial charge in [0.1, 0.15) is 0 Å². The van der Waals surface area contributed by atoms with Crippen LogP contribution in [-0.2, 0) is 16.1 Å². The van der Waals surface area contributed by atoms with Gasteiger partial charge in [-0.05, 0) is 30.9 Å². The van der Waals surface area contributed by atoms with E-state index in [0.717, 1.165) is 19.4 Å². The molecule has 1 saturated heterocycles. The molecule has 2 heterocycles. The van der Waals surface area contributed by atoms with Gasteiger partial charge in [0.25, 0.3) is 5.56 Å². The van der Waals surface area contributed by atoms with Crippen molar-refractivity contribution in [1.29, 1.82) is 0 Å². The predicted octanol–water partition coefficient (Wildman–Crippen LogP) is 2.44. The Morgan fingerprint density at radius 3 is 2.96 bits per heavy atom. The van der Waals surface area contributed by atoms with Crippen LogP contribution in [0.1, 0.15) is 26.7 Å². The van der Waals surface area contributed by atoms with E-state index in [4.69, 9.17) is 4.74 Å². The Labute approximate surface area is 157 Å². The van der Waals surface area contributed by atoms with Gasteiger partial charge in [0.05, 0.1) is 29.3 Å². The van der Waals surface area contributed by atoms with E-state index in [1.165, 1.54) is 11.8 Å². The molecule has 140 valence electrons. The van der Waals surface area contributed by atoms with Crippen LogP contribution in [0.5, 0.6) is 0 Å². The topological polar surface area (TPSA) is 73.2 Å². The molecule has 0 bridgehead atoms. The lowest BCUT2D eigenvalue weighted by Gasteiger charge is -2.16. The number of ether oxygens (including phenoxy) is 1. The summed E-state index contributed by atoms with van der Waals surface area (Å²) >= 11 is 1.30. The van der Waals surface area contributed by atoms with E-state index < -0.39 is 0 Å². The van der Waals surface area contributed by atoms with E-state index in [2.05, 4.69) is 24.1 Å². The van der Waals surface area contributed by atoms with Gasteiger partial charge in [-0.2, -0.15) is 0 Å².